The number of carbonyl (C=O) groups is 1. The number of aromatic nitrogens is 1. The molecule has 0 saturated carbocycles. The molecule has 3 rings (SSSR count). The minimum atomic E-state index is -4.40. The zero-order valence-electron chi connectivity index (χ0n) is 12.4. The molecule has 3 nitrogen and oxygen atoms in total. The average molecular weight is 340 g/mol. The number of hydrogen-bond donors (Lipinski definition) is 1. The molecule has 122 valence electrons. The predicted molar refractivity (Wildman–Crippen MR) is 82.7 cm³/mol. The molecular formula is C16H15F3N2OS. The van der Waals surface area contributed by atoms with E-state index in [1.807, 2.05) is 0 Å². The van der Waals surface area contributed by atoms with E-state index in [4.69, 9.17) is 0 Å². The maximum Gasteiger partial charge on any atom is 0.416 e. The lowest BCUT2D eigenvalue weighted by molar-refractivity contribution is -0.137. The van der Waals surface area contributed by atoms with Crippen LogP contribution in [0.3, 0.4) is 0 Å². The van der Waals surface area contributed by atoms with Crippen LogP contribution in [0.25, 0.3) is 0 Å². The molecule has 1 amide bonds. The maximum atomic E-state index is 12.5. The molecule has 1 atom stereocenters. The smallest absolute Gasteiger partial charge is 0.298 e. The highest BCUT2D eigenvalue weighted by Crippen LogP contribution is 2.32. The Labute approximate surface area is 135 Å². The van der Waals surface area contributed by atoms with Gasteiger partial charge in [0, 0.05) is 10.4 Å². The minimum Gasteiger partial charge on any atom is -0.298 e. The van der Waals surface area contributed by atoms with Crippen molar-refractivity contribution in [2.45, 2.75) is 32.4 Å². The first-order valence-electron chi connectivity index (χ1n) is 7.30. The fraction of sp³-hybridized carbons (Fsp3) is 0.375. The van der Waals surface area contributed by atoms with Crippen molar-refractivity contribution in [1.29, 1.82) is 0 Å². The van der Waals surface area contributed by atoms with Gasteiger partial charge in [0.15, 0.2) is 5.13 Å². The zero-order valence-corrected chi connectivity index (χ0v) is 13.2. The molecule has 0 bridgehead atoms. The number of amides is 1. The largest absolute Gasteiger partial charge is 0.416 e. The third-order valence-corrected chi connectivity index (χ3v) is 4.92. The van der Waals surface area contributed by atoms with Crippen LogP contribution >= 0.6 is 11.3 Å². The number of nitrogens with zero attached hydrogens (tertiary/aromatic N) is 1. The van der Waals surface area contributed by atoms with E-state index in [0.29, 0.717) is 11.0 Å². The highest BCUT2D eigenvalue weighted by molar-refractivity contribution is 7.15. The summed E-state index contributed by atoms with van der Waals surface area (Å²) in [5, 5.41) is 3.18. The van der Waals surface area contributed by atoms with E-state index in [1.54, 1.807) is 0 Å². The number of fused-ring (bicyclic) bond motifs is 1. The second-order valence-corrected chi connectivity index (χ2v) is 6.85. The fourth-order valence-electron chi connectivity index (χ4n) is 2.57. The van der Waals surface area contributed by atoms with Gasteiger partial charge in [-0.2, -0.15) is 13.2 Å². The van der Waals surface area contributed by atoms with Gasteiger partial charge in [-0.3, -0.25) is 10.1 Å². The summed E-state index contributed by atoms with van der Waals surface area (Å²) < 4.78 is 37.6. The number of halogens is 3. The summed E-state index contributed by atoms with van der Waals surface area (Å²) in [5.74, 6) is 0.166. The van der Waals surface area contributed by atoms with Crippen molar-refractivity contribution in [3.8, 4) is 0 Å². The number of nitrogens with one attached hydrogen (secondary N) is 1. The van der Waals surface area contributed by atoms with E-state index in [0.717, 1.165) is 37.1 Å². The number of rotatable bonds is 2. The lowest BCUT2D eigenvalue weighted by Crippen LogP contribution is -2.13. The number of aryl methyl sites for hydroxylation is 1. The molecule has 1 aliphatic rings. The van der Waals surface area contributed by atoms with Crippen LogP contribution in [0.1, 0.15) is 39.8 Å². The van der Waals surface area contributed by atoms with Gasteiger partial charge in [0.2, 0.25) is 0 Å². The Bertz CT molecular complexity index is 722. The first-order valence-corrected chi connectivity index (χ1v) is 8.12. The van der Waals surface area contributed by atoms with Gasteiger partial charge in [-0.1, -0.05) is 6.92 Å². The Morgan fingerprint density at radius 2 is 2.00 bits per heavy atom. The van der Waals surface area contributed by atoms with Gasteiger partial charge in [0.1, 0.15) is 0 Å². The third kappa shape index (κ3) is 3.55. The van der Waals surface area contributed by atoms with Gasteiger partial charge in [-0.25, -0.2) is 4.98 Å². The molecule has 1 aliphatic carbocycles. The summed E-state index contributed by atoms with van der Waals surface area (Å²) in [7, 11) is 0. The van der Waals surface area contributed by atoms with E-state index in [2.05, 4.69) is 17.2 Å². The van der Waals surface area contributed by atoms with Crippen molar-refractivity contribution in [3.63, 3.8) is 0 Å². The fourth-order valence-corrected chi connectivity index (χ4v) is 3.74. The Morgan fingerprint density at radius 3 is 2.65 bits per heavy atom. The summed E-state index contributed by atoms with van der Waals surface area (Å²) in [5.41, 5.74) is 0.433. The van der Waals surface area contributed by atoms with Crippen LogP contribution in [0, 0.1) is 5.92 Å². The molecule has 1 heterocycles. The summed E-state index contributed by atoms with van der Waals surface area (Å²) in [6.45, 7) is 2.18. The molecule has 1 aromatic heterocycles. The van der Waals surface area contributed by atoms with E-state index in [-0.39, 0.29) is 5.56 Å². The normalized spacial score (nSPS) is 17.7. The standard InChI is InChI=1S/C16H15F3N2OS/c1-9-2-7-12-13(8-9)23-15(20-12)21-14(22)10-3-5-11(6-4-10)16(17,18)19/h3-6,9H,2,7-8H2,1H3,(H,20,21,22). The van der Waals surface area contributed by atoms with Gasteiger partial charge in [-0.15, -0.1) is 11.3 Å². The van der Waals surface area contributed by atoms with Gasteiger partial charge in [0.25, 0.3) is 5.91 Å². The molecule has 2 aromatic rings. The van der Waals surface area contributed by atoms with Crippen molar-refractivity contribution in [1.82, 2.24) is 4.98 Å². The van der Waals surface area contributed by atoms with Crippen LogP contribution in [0.2, 0.25) is 0 Å². The molecule has 0 aliphatic heterocycles. The molecule has 7 heteroatoms. The number of carbonyl (C=O) groups excluding carboxylic acids is 1. The first-order chi connectivity index (χ1) is 10.8. The summed E-state index contributed by atoms with van der Waals surface area (Å²) in [6, 6.07) is 4.16. The molecule has 1 unspecified atom stereocenters. The van der Waals surface area contributed by atoms with E-state index in [1.165, 1.54) is 28.3 Å². The molecular weight excluding hydrogens is 325 g/mol. The molecule has 0 spiro atoms. The van der Waals surface area contributed by atoms with Crippen LogP contribution in [0.5, 0.6) is 0 Å². The number of anilines is 1. The van der Waals surface area contributed by atoms with Gasteiger partial charge in [-0.05, 0) is 49.4 Å². The quantitative estimate of drug-likeness (QED) is 0.872. The van der Waals surface area contributed by atoms with Crippen LogP contribution in [-0.4, -0.2) is 10.9 Å². The zero-order chi connectivity index (χ0) is 16.6. The van der Waals surface area contributed by atoms with Crippen LogP contribution in [0.4, 0.5) is 18.3 Å². The SMILES string of the molecule is CC1CCc2nc(NC(=O)c3ccc(C(F)(F)F)cc3)sc2C1. The van der Waals surface area contributed by atoms with Crippen molar-refractivity contribution >= 4 is 22.4 Å². The number of thiazole rings is 1. The second-order valence-electron chi connectivity index (χ2n) is 5.77. The van der Waals surface area contributed by atoms with Crippen LogP contribution in [0.15, 0.2) is 24.3 Å². The Morgan fingerprint density at radius 1 is 1.30 bits per heavy atom. The third-order valence-electron chi connectivity index (χ3n) is 3.88. The van der Waals surface area contributed by atoms with Crippen LogP contribution < -0.4 is 5.32 Å². The highest BCUT2D eigenvalue weighted by atomic mass is 32.1. The molecule has 1 N–H and O–H groups in total. The van der Waals surface area contributed by atoms with E-state index in [9.17, 15) is 18.0 Å². The molecule has 0 radical (unpaired) electrons. The Hall–Kier alpha value is -1.89. The lowest BCUT2D eigenvalue weighted by atomic mass is 9.93. The minimum absolute atomic E-state index is 0.180. The van der Waals surface area contributed by atoms with Crippen molar-refractivity contribution < 1.29 is 18.0 Å². The predicted octanol–water partition coefficient (Wildman–Crippen LogP) is 4.54. The van der Waals surface area contributed by atoms with Crippen molar-refractivity contribution in [3.05, 3.63) is 46.0 Å². The summed E-state index contributed by atoms with van der Waals surface area (Å²) >= 11 is 1.45. The monoisotopic (exact) mass is 340 g/mol. The Balaban J connectivity index is 1.72. The molecule has 0 saturated heterocycles. The topological polar surface area (TPSA) is 42.0 Å². The second kappa shape index (κ2) is 5.96. The highest BCUT2D eigenvalue weighted by Gasteiger charge is 2.30. The molecule has 23 heavy (non-hydrogen) atoms. The van der Waals surface area contributed by atoms with E-state index < -0.39 is 17.6 Å². The summed E-state index contributed by atoms with van der Waals surface area (Å²) in [6.07, 6.45) is -1.45. The van der Waals surface area contributed by atoms with Gasteiger partial charge >= 0.3 is 6.18 Å². The van der Waals surface area contributed by atoms with Gasteiger partial charge in [0.05, 0.1) is 11.3 Å². The lowest BCUT2D eigenvalue weighted by Gasteiger charge is -2.15. The number of hydrogen-bond acceptors (Lipinski definition) is 3. The van der Waals surface area contributed by atoms with Gasteiger partial charge < -0.3 is 0 Å². The van der Waals surface area contributed by atoms with Crippen LogP contribution in [-0.2, 0) is 19.0 Å². The van der Waals surface area contributed by atoms with Crippen molar-refractivity contribution in [2.75, 3.05) is 5.32 Å². The first kappa shape index (κ1) is 16.0. The molecule has 0 fully saturated rings. The number of benzene rings is 1. The Kier molecular flexibility index (Phi) is 4.14. The van der Waals surface area contributed by atoms with Crippen molar-refractivity contribution in [2.24, 2.45) is 5.92 Å². The average Bonchev–Trinajstić information content (AvgIpc) is 2.87. The molecule has 1 aromatic carbocycles. The number of alkyl halides is 3. The maximum absolute atomic E-state index is 12.5. The summed E-state index contributed by atoms with van der Waals surface area (Å²) in [4.78, 5) is 17.7. The van der Waals surface area contributed by atoms with E-state index >= 15 is 0 Å².